The molecule has 0 aliphatic heterocycles. The molecule has 0 fully saturated rings. The van der Waals surface area contributed by atoms with Gasteiger partial charge in [0, 0.05) is 25.2 Å². The monoisotopic (exact) mass is 528 g/mol. The molecule has 3 rings (SSSR count). The number of carbonyl (C=O) groups excluding carboxylic acids is 2. The molecule has 0 aliphatic carbocycles. The van der Waals surface area contributed by atoms with E-state index in [1.165, 1.54) is 67.5 Å². The first-order valence-electron chi connectivity index (χ1n) is 11.6. The number of ether oxygens (including phenoxy) is 1. The van der Waals surface area contributed by atoms with Crippen molar-refractivity contribution >= 4 is 27.6 Å². The fraction of sp³-hybridized carbons (Fsp3) is 0.259. The third kappa shape index (κ3) is 6.85. The smallest absolute Gasteiger partial charge is 0.339 e. The highest BCUT2D eigenvalue weighted by molar-refractivity contribution is 7.87. The van der Waals surface area contributed by atoms with Gasteiger partial charge in [-0.15, -0.1) is 0 Å². The van der Waals surface area contributed by atoms with Gasteiger partial charge in [-0.25, -0.2) is 4.39 Å². The van der Waals surface area contributed by atoms with Gasteiger partial charge in [-0.2, -0.15) is 8.42 Å². The van der Waals surface area contributed by atoms with Gasteiger partial charge in [0.2, 0.25) is 5.91 Å². The summed E-state index contributed by atoms with van der Waals surface area (Å²) in [5.41, 5.74) is 0.964. The van der Waals surface area contributed by atoms with Gasteiger partial charge >= 0.3 is 10.1 Å². The molecule has 0 aliphatic rings. The van der Waals surface area contributed by atoms with Crippen LogP contribution in [0, 0.1) is 5.82 Å². The van der Waals surface area contributed by atoms with Crippen LogP contribution in [0.25, 0.3) is 0 Å². The molecule has 0 radical (unpaired) electrons. The number of halogens is 1. The Balaban J connectivity index is 1.90. The van der Waals surface area contributed by atoms with Crippen LogP contribution >= 0.6 is 0 Å². The zero-order chi connectivity index (χ0) is 27.2. The number of anilines is 1. The van der Waals surface area contributed by atoms with Crippen LogP contribution in [0.4, 0.5) is 10.1 Å². The second-order valence-electron chi connectivity index (χ2n) is 8.40. The fourth-order valence-electron chi connectivity index (χ4n) is 3.59. The molecule has 0 saturated heterocycles. The first-order valence-corrected chi connectivity index (χ1v) is 13.0. The van der Waals surface area contributed by atoms with Crippen molar-refractivity contribution in [1.82, 2.24) is 4.90 Å². The van der Waals surface area contributed by atoms with E-state index in [1.54, 1.807) is 18.2 Å². The van der Waals surface area contributed by atoms with Gasteiger partial charge in [0.25, 0.3) is 5.91 Å². The average molecular weight is 529 g/mol. The van der Waals surface area contributed by atoms with E-state index in [9.17, 15) is 22.4 Å². The van der Waals surface area contributed by atoms with Crippen LogP contribution in [-0.4, -0.2) is 38.3 Å². The Hall–Kier alpha value is -3.92. The standard InChI is InChI=1S/C27H29FN2O6S/c1-5-18(2)30(27(32)23-8-6-7-9-24(23)28)17-20-10-15-25(35-4)26(16-20)36-37(33,34)22-13-11-21(12-14-22)29-19(3)31/h6-16,18H,5,17H2,1-4H3,(H,29,31)/t18-/m0/s1. The number of hydrogen-bond acceptors (Lipinski definition) is 6. The molecule has 8 nitrogen and oxygen atoms in total. The third-order valence-electron chi connectivity index (χ3n) is 5.73. The maximum Gasteiger partial charge on any atom is 0.339 e. The van der Waals surface area contributed by atoms with Gasteiger partial charge in [0.05, 0.1) is 12.7 Å². The summed E-state index contributed by atoms with van der Waals surface area (Å²) < 4.78 is 50.9. The van der Waals surface area contributed by atoms with Crippen molar-refractivity contribution in [3.63, 3.8) is 0 Å². The second kappa shape index (κ2) is 11.9. The zero-order valence-electron chi connectivity index (χ0n) is 21.0. The van der Waals surface area contributed by atoms with Crippen molar-refractivity contribution in [2.75, 3.05) is 12.4 Å². The van der Waals surface area contributed by atoms with E-state index in [0.29, 0.717) is 17.7 Å². The van der Waals surface area contributed by atoms with E-state index < -0.39 is 21.8 Å². The summed E-state index contributed by atoms with van der Waals surface area (Å²) in [5.74, 6) is -1.26. The molecule has 2 amide bonds. The predicted molar refractivity (Wildman–Crippen MR) is 138 cm³/mol. The minimum atomic E-state index is -4.25. The van der Waals surface area contributed by atoms with Gasteiger partial charge in [-0.05, 0) is 67.4 Å². The normalized spacial score (nSPS) is 11.9. The van der Waals surface area contributed by atoms with Gasteiger partial charge in [-0.1, -0.05) is 25.1 Å². The van der Waals surface area contributed by atoms with E-state index in [1.807, 2.05) is 13.8 Å². The number of carbonyl (C=O) groups is 2. The Kier molecular flexibility index (Phi) is 8.88. The summed E-state index contributed by atoms with van der Waals surface area (Å²) in [6.07, 6.45) is 0.628. The lowest BCUT2D eigenvalue weighted by atomic mass is 10.1. The minimum absolute atomic E-state index is 0.0435. The summed E-state index contributed by atoms with van der Waals surface area (Å²) >= 11 is 0. The van der Waals surface area contributed by atoms with Crippen molar-refractivity contribution < 1.29 is 31.3 Å². The van der Waals surface area contributed by atoms with E-state index in [4.69, 9.17) is 8.92 Å². The lowest BCUT2D eigenvalue weighted by molar-refractivity contribution is -0.114. The molecule has 0 unspecified atom stereocenters. The lowest BCUT2D eigenvalue weighted by Crippen LogP contribution is -2.38. The number of benzene rings is 3. The van der Waals surface area contributed by atoms with E-state index in [-0.39, 0.29) is 40.5 Å². The molecule has 0 saturated carbocycles. The number of rotatable bonds is 10. The van der Waals surface area contributed by atoms with Crippen molar-refractivity contribution in [3.8, 4) is 11.5 Å². The molecule has 1 atom stereocenters. The van der Waals surface area contributed by atoms with Gasteiger partial charge < -0.3 is 19.1 Å². The van der Waals surface area contributed by atoms with Gasteiger partial charge in [0.1, 0.15) is 10.7 Å². The van der Waals surface area contributed by atoms with Crippen LogP contribution in [0.5, 0.6) is 11.5 Å². The molecular formula is C27H29FN2O6S. The van der Waals surface area contributed by atoms with Crippen LogP contribution in [0.2, 0.25) is 0 Å². The summed E-state index contributed by atoms with van der Waals surface area (Å²) in [7, 11) is -2.87. The molecule has 0 aromatic heterocycles. The van der Waals surface area contributed by atoms with Crippen LogP contribution in [0.1, 0.15) is 43.1 Å². The first-order chi connectivity index (χ1) is 17.6. The Labute approximate surface area is 216 Å². The summed E-state index contributed by atoms with van der Waals surface area (Å²) in [6.45, 7) is 5.21. The molecular weight excluding hydrogens is 499 g/mol. The number of methoxy groups -OCH3 is 1. The Bertz CT molecular complexity index is 1380. The Morgan fingerprint density at radius 1 is 1.03 bits per heavy atom. The Morgan fingerprint density at radius 2 is 1.70 bits per heavy atom. The van der Waals surface area contributed by atoms with Crippen LogP contribution in [-0.2, 0) is 21.5 Å². The average Bonchev–Trinajstić information content (AvgIpc) is 2.86. The summed E-state index contributed by atoms with van der Waals surface area (Å²) in [6, 6.07) is 15.8. The van der Waals surface area contributed by atoms with Crippen LogP contribution in [0.15, 0.2) is 71.6 Å². The molecule has 1 N–H and O–H groups in total. The zero-order valence-corrected chi connectivity index (χ0v) is 21.8. The van der Waals surface area contributed by atoms with Crippen LogP contribution in [0.3, 0.4) is 0 Å². The van der Waals surface area contributed by atoms with E-state index >= 15 is 0 Å². The Morgan fingerprint density at radius 3 is 2.30 bits per heavy atom. The fourth-order valence-corrected chi connectivity index (χ4v) is 4.53. The number of nitrogens with zero attached hydrogens (tertiary/aromatic N) is 1. The summed E-state index contributed by atoms with van der Waals surface area (Å²) in [5, 5.41) is 2.56. The molecule has 0 heterocycles. The highest BCUT2D eigenvalue weighted by Crippen LogP contribution is 2.32. The van der Waals surface area contributed by atoms with Crippen molar-refractivity contribution in [3.05, 3.63) is 83.7 Å². The van der Waals surface area contributed by atoms with Crippen molar-refractivity contribution in [2.45, 2.75) is 44.7 Å². The molecule has 3 aromatic rings. The van der Waals surface area contributed by atoms with Crippen LogP contribution < -0.4 is 14.2 Å². The van der Waals surface area contributed by atoms with Gasteiger partial charge in [0.15, 0.2) is 11.5 Å². The first kappa shape index (κ1) is 27.7. The van der Waals surface area contributed by atoms with E-state index in [0.717, 1.165) is 0 Å². The minimum Gasteiger partial charge on any atom is -0.493 e. The topological polar surface area (TPSA) is 102 Å². The molecule has 10 heteroatoms. The largest absolute Gasteiger partial charge is 0.493 e. The number of hydrogen-bond donors (Lipinski definition) is 1. The van der Waals surface area contributed by atoms with Crippen molar-refractivity contribution in [1.29, 1.82) is 0 Å². The molecule has 3 aromatic carbocycles. The second-order valence-corrected chi connectivity index (χ2v) is 9.94. The maximum absolute atomic E-state index is 14.3. The van der Waals surface area contributed by atoms with Gasteiger partial charge in [-0.3, -0.25) is 9.59 Å². The van der Waals surface area contributed by atoms with Crippen molar-refractivity contribution in [2.24, 2.45) is 0 Å². The lowest BCUT2D eigenvalue weighted by Gasteiger charge is -2.29. The maximum atomic E-state index is 14.3. The quantitative estimate of drug-likeness (QED) is 0.372. The van der Waals surface area contributed by atoms with E-state index in [2.05, 4.69) is 5.32 Å². The highest BCUT2D eigenvalue weighted by atomic mass is 32.2. The predicted octanol–water partition coefficient (Wildman–Crippen LogP) is 5.00. The number of amides is 2. The highest BCUT2D eigenvalue weighted by Gasteiger charge is 2.25. The molecule has 0 bridgehead atoms. The summed E-state index contributed by atoms with van der Waals surface area (Å²) in [4.78, 5) is 25.8. The molecule has 0 spiro atoms. The third-order valence-corrected chi connectivity index (χ3v) is 6.98. The molecule has 196 valence electrons. The molecule has 37 heavy (non-hydrogen) atoms. The SMILES string of the molecule is CC[C@H](C)N(Cc1ccc(OC)c(OS(=O)(=O)c2ccc(NC(C)=O)cc2)c1)C(=O)c1ccccc1F. The number of nitrogens with one attached hydrogen (secondary N) is 1.